The lowest BCUT2D eigenvalue weighted by Crippen LogP contribution is -2.41. The van der Waals surface area contributed by atoms with Crippen molar-refractivity contribution in [3.63, 3.8) is 0 Å². The highest BCUT2D eigenvalue weighted by Crippen LogP contribution is 2.31. The van der Waals surface area contributed by atoms with Gasteiger partial charge in [0.25, 0.3) is 0 Å². The van der Waals surface area contributed by atoms with Gasteiger partial charge in [0.05, 0.1) is 17.2 Å². The number of hydrogen-bond acceptors (Lipinski definition) is 4. The Morgan fingerprint density at radius 1 is 1.38 bits per heavy atom. The van der Waals surface area contributed by atoms with Gasteiger partial charge in [0.1, 0.15) is 5.82 Å². The number of aliphatic hydroxyl groups is 1. The van der Waals surface area contributed by atoms with Crippen molar-refractivity contribution in [1.29, 1.82) is 0 Å². The van der Waals surface area contributed by atoms with Crippen molar-refractivity contribution in [3.8, 4) is 0 Å². The summed E-state index contributed by atoms with van der Waals surface area (Å²) in [5, 5.41) is 9.18. The van der Waals surface area contributed by atoms with E-state index in [1.54, 1.807) is 6.92 Å². The number of nitrogens with zero attached hydrogens (tertiary/aromatic N) is 1. The highest BCUT2D eigenvalue weighted by atomic mass is 32.2. The van der Waals surface area contributed by atoms with E-state index in [4.69, 9.17) is 5.73 Å². The predicted octanol–water partition coefficient (Wildman–Crippen LogP) is 1.64. The number of nitrogen functional groups attached to an aromatic ring is 1. The summed E-state index contributed by atoms with van der Waals surface area (Å²) < 4.78 is 40.4. The summed E-state index contributed by atoms with van der Waals surface area (Å²) in [5.74, 6) is -0.624. The summed E-state index contributed by atoms with van der Waals surface area (Å²) in [5.41, 5.74) is 5.64. The monoisotopic (exact) mass is 316 g/mol. The second-order valence-corrected chi connectivity index (χ2v) is 7.28. The van der Waals surface area contributed by atoms with E-state index >= 15 is 0 Å². The van der Waals surface area contributed by atoms with E-state index in [0.29, 0.717) is 5.56 Å². The molecule has 0 spiro atoms. The van der Waals surface area contributed by atoms with Gasteiger partial charge >= 0.3 is 0 Å². The van der Waals surface area contributed by atoms with Crippen LogP contribution in [0.25, 0.3) is 0 Å². The summed E-state index contributed by atoms with van der Waals surface area (Å²) >= 11 is 0. The van der Waals surface area contributed by atoms with Gasteiger partial charge in [-0.1, -0.05) is 12.8 Å². The van der Waals surface area contributed by atoms with Crippen molar-refractivity contribution in [3.05, 3.63) is 23.5 Å². The molecular formula is C14H21FN2O3S. The molecule has 0 bridgehead atoms. The van der Waals surface area contributed by atoms with Crippen LogP contribution in [0.1, 0.15) is 31.2 Å². The van der Waals surface area contributed by atoms with Crippen molar-refractivity contribution in [2.24, 2.45) is 0 Å². The summed E-state index contributed by atoms with van der Waals surface area (Å²) in [7, 11) is -3.79. The van der Waals surface area contributed by atoms with Crippen LogP contribution < -0.4 is 5.73 Å². The largest absolute Gasteiger partial charge is 0.396 e. The number of halogens is 1. The third-order valence-electron chi connectivity index (χ3n) is 3.93. The van der Waals surface area contributed by atoms with Crippen molar-refractivity contribution in [1.82, 2.24) is 4.31 Å². The molecule has 1 aromatic rings. The maximum Gasteiger partial charge on any atom is 0.243 e. The maximum absolute atomic E-state index is 13.4. The van der Waals surface area contributed by atoms with E-state index in [1.165, 1.54) is 10.4 Å². The van der Waals surface area contributed by atoms with Crippen LogP contribution >= 0.6 is 0 Å². The number of hydrogen-bond donors (Lipinski definition) is 2. The molecule has 1 fully saturated rings. The molecule has 3 N–H and O–H groups in total. The maximum atomic E-state index is 13.4. The average molecular weight is 316 g/mol. The molecule has 0 aliphatic heterocycles. The quantitative estimate of drug-likeness (QED) is 0.809. The van der Waals surface area contributed by atoms with Gasteiger partial charge in [0.2, 0.25) is 10.0 Å². The first-order valence-electron chi connectivity index (χ1n) is 7.06. The Kier molecular flexibility index (Phi) is 4.85. The molecule has 0 aromatic heterocycles. The van der Waals surface area contributed by atoms with Crippen LogP contribution in [-0.2, 0) is 10.0 Å². The number of benzene rings is 1. The summed E-state index contributed by atoms with van der Waals surface area (Å²) in [6, 6.07) is 2.20. The van der Waals surface area contributed by atoms with Gasteiger partial charge in [-0.2, -0.15) is 4.31 Å². The molecule has 7 heteroatoms. The number of nitrogens with two attached hydrogens (primary N) is 1. The molecule has 0 heterocycles. The minimum absolute atomic E-state index is 0.0155. The fourth-order valence-electron chi connectivity index (χ4n) is 2.86. The van der Waals surface area contributed by atoms with E-state index in [1.807, 2.05) is 0 Å². The van der Waals surface area contributed by atoms with Crippen LogP contribution in [0.3, 0.4) is 0 Å². The predicted molar refractivity (Wildman–Crippen MR) is 78.8 cm³/mol. The van der Waals surface area contributed by atoms with Crippen LogP contribution in [0.4, 0.5) is 10.1 Å². The normalized spacial score (nSPS) is 16.8. The van der Waals surface area contributed by atoms with E-state index < -0.39 is 15.8 Å². The smallest absolute Gasteiger partial charge is 0.243 e. The lowest BCUT2D eigenvalue weighted by atomic mass is 10.2. The van der Waals surface area contributed by atoms with Crippen LogP contribution in [0.2, 0.25) is 0 Å². The molecule has 21 heavy (non-hydrogen) atoms. The van der Waals surface area contributed by atoms with Crippen molar-refractivity contribution >= 4 is 15.7 Å². The van der Waals surface area contributed by atoms with Crippen LogP contribution in [0.5, 0.6) is 0 Å². The Morgan fingerprint density at radius 2 is 2.00 bits per heavy atom. The Labute approximate surface area is 124 Å². The number of sulfonamides is 1. The molecule has 0 amide bonds. The Morgan fingerprint density at radius 3 is 2.57 bits per heavy atom. The van der Waals surface area contributed by atoms with Gasteiger partial charge < -0.3 is 10.8 Å². The third-order valence-corrected chi connectivity index (χ3v) is 6.03. The minimum Gasteiger partial charge on any atom is -0.396 e. The molecule has 1 aliphatic carbocycles. The first-order valence-corrected chi connectivity index (χ1v) is 8.50. The topological polar surface area (TPSA) is 83.6 Å². The molecular weight excluding hydrogens is 295 g/mol. The van der Waals surface area contributed by atoms with Crippen LogP contribution in [0, 0.1) is 12.7 Å². The van der Waals surface area contributed by atoms with E-state index in [0.717, 1.165) is 31.7 Å². The van der Waals surface area contributed by atoms with Gasteiger partial charge in [-0.05, 0) is 37.5 Å². The standard InChI is InChI=1S/C14H21FN2O3S/c1-10-8-12(15)13(16)9-14(10)21(19,20)17(6-7-18)11-4-2-3-5-11/h8-9,11,18H,2-7,16H2,1H3. The first kappa shape index (κ1) is 16.2. The molecule has 2 rings (SSSR count). The molecule has 0 radical (unpaired) electrons. The van der Waals surface area contributed by atoms with Gasteiger partial charge in [0, 0.05) is 12.6 Å². The second-order valence-electron chi connectivity index (χ2n) is 5.42. The fourth-order valence-corrected chi connectivity index (χ4v) is 4.78. The zero-order valence-corrected chi connectivity index (χ0v) is 12.9. The van der Waals surface area contributed by atoms with E-state index in [2.05, 4.69) is 0 Å². The molecule has 5 nitrogen and oxygen atoms in total. The zero-order valence-electron chi connectivity index (χ0n) is 12.0. The molecule has 0 atom stereocenters. The number of aliphatic hydroxyl groups excluding tert-OH is 1. The van der Waals surface area contributed by atoms with Gasteiger partial charge in [-0.15, -0.1) is 0 Å². The Bertz CT molecular complexity index is 613. The zero-order chi connectivity index (χ0) is 15.6. The van der Waals surface area contributed by atoms with Crippen molar-refractivity contribution in [2.45, 2.75) is 43.5 Å². The Balaban J connectivity index is 2.45. The lowest BCUT2D eigenvalue weighted by molar-refractivity contribution is 0.226. The van der Waals surface area contributed by atoms with Crippen molar-refractivity contribution in [2.75, 3.05) is 18.9 Å². The van der Waals surface area contributed by atoms with Crippen LogP contribution in [0.15, 0.2) is 17.0 Å². The van der Waals surface area contributed by atoms with Gasteiger partial charge in [0.15, 0.2) is 0 Å². The highest BCUT2D eigenvalue weighted by Gasteiger charge is 2.34. The molecule has 1 aliphatic rings. The number of rotatable bonds is 5. The summed E-state index contributed by atoms with van der Waals surface area (Å²) in [6.45, 7) is 1.34. The van der Waals surface area contributed by atoms with E-state index in [9.17, 15) is 17.9 Å². The molecule has 0 saturated heterocycles. The lowest BCUT2D eigenvalue weighted by Gasteiger charge is -2.28. The van der Waals surface area contributed by atoms with Crippen molar-refractivity contribution < 1.29 is 17.9 Å². The Hall–Kier alpha value is -1.18. The molecule has 1 aromatic carbocycles. The van der Waals surface area contributed by atoms with E-state index in [-0.39, 0.29) is 29.8 Å². The molecule has 0 unspecified atom stereocenters. The second kappa shape index (κ2) is 6.29. The summed E-state index contributed by atoms with van der Waals surface area (Å²) in [6.07, 6.45) is 3.53. The minimum atomic E-state index is -3.79. The van der Waals surface area contributed by atoms with Gasteiger partial charge in [-0.3, -0.25) is 0 Å². The number of aryl methyl sites for hydroxylation is 1. The average Bonchev–Trinajstić information content (AvgIpc) is 2.93. The third kappa shape index (κ3) is 3.20. The molecule has 118 valence electrons. The summed E-state index contributed by atoms with van der Waals surface area (Å²) in [4.78, 5) is 0.0155. The first-order chi connectivity index (χ1) is 9.87. The van der Waals surface area contributed by atoms with Gasteiger partial charge in [-0.25, -0.2) is 12.8 Å². The SMILES string of the molecule is Cc1cc(F)c(N)cc1S(=O)(=O)N(CCO)C1CCCC1. The number of anilines is 1. The highest BCUT2D eigenvalue weighted by molar-refractivity contribution is 7.89. The van der Waals surface area contributed by atoms with Crippen LogP contribution in [-0.4, -0.2) is 37.0 Å². The molecule has 1 saturated carbocycles. The fraction of sp³-hybridized carbons (Fsp3) is 0.571.